The molecule has 0 atom stereocenters. The van der Waals surface area contributed by atoms with Crippen LogP contribution in [0.2, 0.25) is 0 Å². The molecular formula is C30H31N5O4. The summed E-state index contributed by atoms with van der Waals surface area (Å²) < 4.78 is 11.3. The zero-order valence-electron chi connectivity index (χ0n) is 22.7. The summed E-state index contributed by atoms with van der Waals surface area (Å²) in [6.45, 7) is 7.02. The molecule has 200 valence electrons. The molecule has 0 fully saturated rings. The molecule has 1 aliphatic rings. The fourth-order valence-electron chi connectivity index (χ4n) is 5.30. The van der Waals surface area contributed by atoms with Crippen molar-refractivity contribution >= 4 is 28.7 Å². The van der Waals surface area contributed by atoms with Gasteiger partial charge in [0.05, 0.1) is 25.3 Å². The first kappa shape index (κ1) is 26.0. The van der Waals surface area contributed by atoms with Crippen LogP contribution < -0.4 is 20.9 Å². The second kappa shape index (κ2) is 9.58. The van der Waals surface area contributed by atoms with Gasteiger partial charge < -0.3 is 25.8 Å². The number of aromatic nitrogens is 2. The molecule has 9 nitrogen and oxygen atoms in total. The van der Waals surface area contributed by atoms with Crippen molar-refractivity contribution in [2.75, 3.05) is 20.0 Å². The van der Waals surface area contributed by atoms with Gasteiger partial charge in [-0.05, 0) is 40.3 Å². The largest absolute Gasteiger partial charge is 0.493 e. The topological polar surface area (TPSA) is 134 Å². The third-order valence-electron chi connectivity index (χ3n) is 7.02. The van der Waals surface area contributed by atoms with Crippen LogP contribution in [-0.4, -0.2) is 40.9 Å². The third-order valence-corrected chi connectivity index (χ3v) is 7.02. The Morgan fingerprint density at radius 1 is 0.949 bits per heavy atom. The van der Waals surface area contributed by atoms with Crippen LogP contribution in [0.1, 0.15) is 58.3 Å². The Bertz CT molecular complexity index is 1620. The van der Waals surface area contributed by atoms with E-state index >= 15 is 0 Å². The van der Waals surface area contributed by atoms with Crippen molar-refractivity contribution in [1.29, 1.82) is 0 Å². The van der Waals surface area contributed by atoms with Crippen molar-refractivity contribution in [1.82, 2.24) is 14.9 Å². The number of hydrogen-bond acceptors (Lipinski definition) is 7. The summed E-state index contributed by atoms with van der Waals surface area (Å²) >= 11 is 0. The molecule has 1 aliphatic heterocycles. The molecule has 0 radical (unpaired) electrons. The Balaban J connectivity index is 1.74. The monoisotopic (exact) mass is 525 g/mol. The summed E-state index contributed by atoms with van der Waals surface area (Å²) in [7, 11) is 3.07. The van der Waals surface area contributed by atoms with Crippen LogP contribution in [0.3, 0.4) is 0 Å². The number of ether oxygens (including phenoxy) is 2. The molecule has 2 heterocycles. The standard InChI is InChI=1S/C30H31N5O4/c1-30(2,3)24-23(20(27(31)36)13-22(38-4)26(24)39-5)16-10-11-21-19(12-16)25(34-29(32)33-21)28(37)35-14-17-8-6-7-9-18(17)15-35/h6-13H,14-15H2,1-5H3,(H2,31,36)(H2,32,33,34). The number of anilines is 1. The highest BCUT2D eigenvalue weighted by molar-refractivity contribution is 6.07. The fraction of sp³-hybridized carbons (Fsp3) is 0.267. The molecule has 0 aliphatic carbocycles. The predicted molar refractivity (Wildman–Crippen MR) is 150 cm³/mol. The number of primary amides is 1. The number of hydrogen-bond donors (Lipinski definition) is 2. The third kappa shape index (κ3) is 4.50. The molecule has 0 saturated carbocycles. The van der Waals surface area contributed by atoms with Crippen molar-refractivity contribution < 1.29 is 19.1 Å². The zero-order valence-corrected chi connectivity index (χ0v) is 22.7. The van der Waals surface area contributed by atoms with Crippen molar-refractivity contribution in [2.45, 2.75) is 39.3 Å². The van der Waals surface area contributed by atoms with E-state index in [0.717, 1.165) is 16.7 Å². The average Bonchev–Trinajstić information content (AvgIpc) is 3.34. The highest BCUT2D eigenvalue weighted by atomic mass is 16.5. The lowest BCUT2D eigenvalue weighted by molar-refractivity contribution is 0.0747. The summed E-state index contributed by atoms with van der Waals surface area (Å²) in [6.07, 6.45) is 0. The lowest BCUT2D eigenvalue weighted by Crippen LogP contribution is -2.27. The van der Waals surface area contributed by atoms with E-state index in [9.17, 15) is 9.59 Å². The van der Waals surface area contributed by atoms with Crippen LogP contribution in [0, 0.1) is 0 Å². The van der Waals surface area contributed by atoms with Crippen molar-refractivity contribution in [3.8, 4) is 22.6 Å². The quantitative estimate of drug-likeness (QED) is 0.393. The molecule has 9 heteroatoms. The number of nitrogens with two attached hydrogens (primary N) is 2. The maximum absolute atomic E-state index is 13.8. The van der Waals surface area contributed by atoms with Gasteiger partial charge in [-0.15, -0.1) is 0 Å². The molecule has 5 rings (SSSR count). The van der Waals surface area contributed by atoms with Gasteiger partial charge >= 0.3 is 0 Å². The van der Waals surface area contributed by atoms with E-state index < -0.39 is 11.3 Å². The van der Waals surface area contributed by atoms with Gasteiger partial charge in [-0.1, -0.05) is 51.1 Å². The Morgan fingerprint density at radius 2 is 1.62 bits per heavy atom. The molecule has 1 aromatic heterocycles. The highest BCUT2D eigenvalue weighted by Gasteiger charge is 2.32. The summed E-state index contributed by atoms with van der Waals surface area (Å²) in [6, 6.07) is 15.0. The van der Waals surface area contributed by atoms with E-state index in [4.69, 9.17) is 20.9 Å². The van der Waals surface area contributed by atoms with E-state index in [1.165, 1.54) is 7.11 Å². The Kier molecular flexibility index (Phi) is 6.38. The maximum atomic E-state index is 13.8. The van der Waals surface area contributed by atoms with Gasteiger partial charge in [-0.3, -0.25) is 9.59 Å². The first-order chi connectivity index (χ1) is 18.5. The number of benzene rings is 3. The van der Waals surface area contributed by atoms with E-state index in [1.54, 1.807) is 24.1 Å². The molecule has 0 bridgehead atoms. The Hall–Kier alpha value is -4.66. The molecule has 4 N–H and O–H groups in total. The second-order valence-corrected chi connectivity index (χ2v) is 10.6. The normalized spacial score (nSPS) is 12.9. The van der Waals surface area contributed by atoms with Crippen LogP contribution in [0.5, 0.6) is 11.5 Å². The number of carbonyl (C=O) groups excluding carboxylic acids is 2. The van der Waals surface area contributed by atoms with Gasteiger partial charge in [-0.25, -0.2) is 9.97 Å². The lowest BCUT2D eigenvalue weighted by Gasteiger charge is -2.28. The van der Waals surface area contributed by atoms with Crippen molar-refractivity contribution in [2.24, 2.45) is 5.73 Å². The fourth-order valence-corrected chi connectivity index (χ4v) is 5.30. The molecule has 39 heavy (non-hydrogen) atoms. The minimum atomic E-state index is -0.615. The summed E-state index contributed by atoms with van der Waals surface area (Å²) in [5.41, 5.74) is 16.6. The van der Waals surface area contributed by atoms with E-state index in [2.05, 4.69) is 9.97 Å². The lowest BCUT2D eigenvalue weighted by atomic mass is 9.78. The highest BCUT2D eigenvalue weighted by Crippen LogP contribution is 2.47. The number of nitrogens with zero attached hydrogens (tertiary/aromatic N) is 3. The van der Waals surface area contributed by atoms with Crippen molar-refractivity contribution in [3.05, 3.63) is 76.5 Å². The molecule has 0 saturated heterocycles. The van der Waals surface area contributed by atoms with Gasteiger partial charge in [0.15, 0.2) is 11.5 Å². The first-order valence-corrected chi connectivity index (χ1v) is 12.6. The predicted octanol–water partition coefficient (Wildman–Crippen LogP) is 4.45. The van der Waals surface area contributed by atoms with E-state index in [0.29, 0.717) is 46.6 Å². The molecule has 4 aromatic rings. The van der Waals surface area contributed by atoms with E-state index in [-0.39, 0.29) is 23.1 Å². The van der Waals surface area contributed by atoms with Crippen molar-refractivity contribution in [3.63, 3.8) is 0 Å². The van der Waals surface area contributed by atoms with Gasteiger partial charge in [-0.2, -0.15) is 0 Å². The van der Waals surface area contributed by atoms with Crippen LogP contribution in [0.15, 0.2) is 48.5 Å². The second-order valence-electron chi connectivity index (χ2n) is 10.6. The Labute approximate surface area is 226 Å². The summed E-state index contributed by atoms with van der Waals surface area (Å²) in [5.74, 6) is 0.0536. The average molecular weight is 526 g/mol. The molecule has 0 spiro atoms. The van der Waals surface area contributed by atoms with Crippen LogP contribution in [0.4, 0.5) is 5.95 Å². The summed E-state index contributed by atoms with van der Waals surface area (Å²) in [4.78, 5) is 37.0. The smallest absolute Gasteiger partial charge is 0.273 e. The van der Waals surface area contributed by atoms with Crippen LogP contribution in [0.25, 0.3) is 22.0 Å². The van der Waals surface area contributed by atoms with Gasteiger partial charge in [0.1, 0.15) is 5.69 Å². The maximum Gasteiger partial charge on any atom is 0.273 e. The van der Waals surface area contributed by atoms with Crippen LogP contribution >= 0.6 is 0 Å². The van der Waals surface area contributed by atoms with Crippen LogP contribution in [-0.2, 0) is 18.5 Å². The minimum absolute atomic E-state index is 0.00892. The number of methoxy groups -OCH3 is 2. The molecule has 3 aromatic carbocycles. The number of amides is 2. The molecule has 2 amide bonds. The van der Waals surface area contributed by atoms with Gasteiger partial charge in [0, 0.05) is 29.6 Å². The zero-order chi connectivity index (χ0) is 28.1. The minimum Gasteiger partial charge on any atom is -0.493 e. The SMILES string of the molecule is COc1cc(C(N)=O)c(-c2ccc3nc(N)nc(C(=O)N4Cc5ccccc5C4)c3c2)c(C(C)(C)C)c1OC. The number of nitrogen functional groups attached to an aromatic ring is 1. The van der Waals surface area contributed by atoms with Gasteiger partial charge in [0.2, 0.25) is 11.9 Å². The first-order valence-electron chi connectivity index (χ1n) is 12.6. The molecular weight excluding hydrogens is 494 g/mol. The summed E-state index contributed by atoms with van der Waals surface area (Å²) in [5, 5.41) is 0.521. The molecule has 0 unspecified atom stereocenters. The number of fused-ring (bicyclic) bond motifs is 2. The van der Waals surface area contributed by atoms with E-state index in [1.807, 2.05) is 57.2 Å². The van der Waals surface area contributed by atoms with Gasteiger partial charge in [0.25, 0.3) is 5.91 Å². The number of carbonyl (C=O) groups is 2. The Morgan fingerprint density at radius 3 is 2.18 bits per heavy atom. The number of rotatable bonds is 5.